The molecule has 0 atom stereocenters. The third-order valence-electron chi connectivity index (χ3n) is 1.70. The van der Waals surface area contributed by atoms with Gasteiger partial charge in [-0.15, -0.1) is 11.8 Å². The summed E-state index contributed by atoms with van der Waals surface area (Å²) in [6.07, 6.45) is 1.75. The first-order chi connectivity index (χ1) is 7.04. The highest BCUT2D eigenvalue weighted by molar-refractivity contribution is 7.98. The molecule has 0 aliphatic carbocycles. The zero-order valence-electron chi connectivity index (χ0n) is 8.34. The Morgan fingerprint density at radius 3 is 2.73 bits per heavy atom. The lowest BCUT2D eigenvalue weighted by Gasteiger charge is -2.06. The van der Waals surface area contributed by atoms with E-state index in [4.69, 9.17) is 16.3 Å². The molecule has 82 valence electrons. The second-order valence-corrected chi connectivity index (χ2v) is 4.10. The van der Waals surface area contributed by atoms with Gasteiger partial charge in [-0.1, -0.05) is 11.6 Å². The first-order valence-electron chi connectivity index (χ1n) is 4.20. The molecule has 0 fully saturated rings. The third-order valence-corrected chi connectivity index (χ3v) is 2.94. The Morgan fingerprint density at radius 1 is 1.60 bits per heavy atom. The largest absolute Gasteiger partial charge is 0.461 e. The van der Waals surface area contributed by atoms with Gasteiger partial charge in [0.05, 0.1) is 9.92 Å². The van der Waals surface area contributed by atoms with Gasteiger partial charge in [-0.2, -0.15) is 0 Å². The Bertz CT molecular complexity index is 359. The van der Waals surface area contributed by atoms with Crippen molar-refractivity contribution >= 4 is 29.3 Å². The molecule has 0 aliphatic rings. The fourth-order valence-corrected chi connectivity index (χ4v) is 2.05. The molecular formula is C10H10ClFO2S. The van der Waals surface area contributed by atoms with Crippen molar-refractivity contribution in [1.29, 1.82) is 0 Å². The Hall–Kier alpha value is -0.740. The highest BCUT2D eigenvalue weighted by Gasteiger charge is 2.09. The van der Waals surface area contributed by atoms with Crippen molar-refractivity contribution in [3.63, 3.8) is 0 Å². The van der Waals surface area contributed by atoms with Gasteiger partial charge in [-0.3, -0.25) is 4.79 Å². The molecule has 1 aromatic carbocycles. The molecular weight excluding hydrogens is 239 g/mol. The minimum Gasteiger partial charge on any atom is -0.461 e. The van der Waals surface area contributed by atoms with Crippen LogP contribution in [0.3, 0.4) is 0 Å². The van der Waals surface area contributed by atoms with E-state index in [1.165, 1.54) is 24.8 Å². The molecule has 0 amide bonds. The van der Waals surface area contributed by atoms with Gasteiger partial charge in [0.1, 0.15) is 12.4 Å². The molecule has 0 unspecified atom stereocenters. The molecule has 15 heavy (non-hydrogen) atoms. The van der Waals surface area contributed by atoms with Crippen LogP contribution >= 0.6 is 23.4 Å². The Balaban J connectivity index is 2.88. The minimum atomic E-state index is -0.402. The number of carbonyl (C=O) groups excluding carboxylic acids is 1. The van der Waals surface area contributed by atoms with E-state index in [2.05, 4.69) is 0 Å². The molecule has 2 nitrogen and oxygen atoms in total. The Morgan fingerprint density at radius 2 is 2.27 bits per heavy atom. The molecule has 0 heterocycles. The number of halogens is 2. The molecule has 0 bridgehead atoms. The van der Waals surface area contributed by atoms with E-state index in [0.29, 0.717) is 15.5 Å². The number of hydrogen-bond donors (Lipinski definition) is 0. The summed E-state index contributed by atoms with van der Waals surface area (Å²) in [5, 5.41) is 0.338. The summed E-state index contributed by atoms with van der Waals surface area (Å²) in [5.41, 5.74) is 0.547. The van der Waals surface area contributed by atoms with E-state index in [0.717, 1.165) is 0 Å². The lowest BCUT2D eigenvalue weighted by molar-refractivity contribution is -0.142. The van der Waals surface area contributed by atoms with Crippen LogP contribution in [0.15, 0.2) is 17.0 Å². The SMILES string of the molecule is CSc1c(F)cc(COC(C)=O)cc1Cl. The molecule has 5 heteroatoms. The topological polar surface area (TPSA) is 26.3 Å². The zero-order chi connectivity index (χ0) is 11.4. The molecule has 0 saturated heterocycles. The Labute approximate surface area is 96.8 Å². The van der Waals surface area contributed by atoms with Crippen LogP contribution in [0.25, 0.3) is 0 Å². The number of ether oxygens (including phenoxy) is 1. The van der Waals surface area contributed by atoms with Crippen LogP contribution in [0.1, 0.15) is 12.5 Å². The van der Waals surface area contributed by atoms with E-state index < -0.39 is 11.8 Å². The van der Waals surface area contributed by atoms with Gasteiger partial charge >= 0.3 is 5.97 Å². The summed E-state index contributed by atoms with van der Waals surface area (Å²) in [6.45, 7) is 1.34. The van der Waals surface area contributed by atoms with Crippen LogP contribution in [0.2, 0.25) is 5.02 Å². The molecule has 1 rings (SSSR count). The molecule has 1 aromatic rings. The van der Waals surface area contributed by atoms with Gasteiger partial charge in [0.2, 0.25) is 0 Å². The van der Waals surface area contributed by atoms with E-state index in [-0.39, 0.29) is 6.61 Å². The molecule has 0 saturated carbocycles. The fraction of sp³-hybridized carbons (Fsp3) is 0.300. The van der Waals surface area contributed by atoms with Crippen LogP contribution in [-0.4, -0.2) is 12.2 Å². The van der Waals surface area contributed by atoms with Crippen molar-refractivity contribution in [2.75, 3.05) is 6.26 Å². The van der Waals surface area contributed by atoms with Crippen molar-refractivity contribution in [1.82, 2.24) is 0 Å². The second kappa shape index (κ2) is 5.37. The van der Waals surface area contributed by atoms with Crippen molar-refractivity contribution in [3.05, 3.63) is 28.5 Å². The summed E-state index contributed by atoms with van der Waals surface area (Å²) < 4.78 is 18.1. The molecule has 0 radical (unpaired) electrons. The van der Waals surface area contributed by atoms with Crippen molar-refractivity contribution < 1.29 is 13.9 Å². The lowest BCUT2D eigenvalue weighted by atomic mass is 10.2. The van der Waals surface area contributed by atoms with Gasteiger partial charge in [0, 0.05) is 6.92 Å². The van der Waals surface area contributed by atoms with Crippen molar-refractivity contribution in [2.24, 2.45) is 0 Å². The van der Waals surface area contributed by atoms with Crippen LogP contribution in [0, 0.1) is 5.82 Å². The van der Waals surface area contributed by atoms with E-state index in [9.17, 15) is 9.18 Å². The van der Waals surface area contributed by atoms with Gasteiger partial charge in [-0.25, -0.2) is 4.39 Å². The van der Waals surface area contributed by atoms with Gasteiger partial charge in [0.15, 0.2) is 0 Å². The molecule has 0 aromatic heterocycles. The zero-order valence-corrected chi connectivity index (χ0v) is 9.91. The first-order valence-corrected chi connectivity index (χ1v) is 5.80. The first kappa shape index (κ1) is 12.3. The average molecular weight is 249 g/mol. The van der Waals surface area contributed by atoms with Crippen molar-refractivity contribution in [3.8, 4) is 0 Å². The molecule has 0 N–H and O–H groups in total. The standard InChI is InChI=1S/C10H10ClFO2S/c1-6(13)14-5-7-3-8(11)10(15-2)9(12)4-7/h3-4H,5H2,1-2H3. The number of thioether (sulfide) groups is 1. The van der Waals surface area contributed by atoms with E-state index in [1.807, 2.05) is 0 Å². The monoisotopic (exact) mass is 248 g/mol. The second-order valence-electron chi connectivity index (χ2n) is 2.87. The number of esters is 1. The minimum absolute atomic E-state index is 0.0423. The van der Waals surface area contributed by atoms with Gasteiger partial charge < -0.3 is 4.74 Å². The smallest absolute Gasteiger partial charge is 0.302 e. The summed E-state index contributed by atoms with van der Waals surface area (Å²) in [6, 6.07) is 2.92. The molecule has 0 spiro atoms. The number of carbonyl (C=O) groups is 1. The number of rotatable bonds is 3. The van der Waals surface area contributed by atoms with Crippen LogP contribution < -0.4 is 0 Å². The normalized spacial score (nSPS) is 10.1. The van der Waals surface area contributed by atoms with Gasteiger partial charge in [-0.05, 0) is 24.0 Å². The van der Waals surface area contributed by atoms with Gasteiger partial charge in [0.25, 0.3) is 0 Å². The Kier molecular flexibility index (Phi) is 4.42. The van der Waals surface area contributed by atoms with E-state index in [1.54, 1.807) is 12.3 Å². The summed E-state index contributed by atoms with van der Waals surface area (Å²) in [7, 11) is 0. The van der Waals surface area contributed by atoms with Crippen LogP contribution in [0.5, 0.6) is 0 Å². The number of benzene rings is 1. The maximum Gasteiger partial charge on any atom is 0.302 e. The predicted molar refractivity (Wildman–Crippen MR) is 58.7 cm³/mol. The van der Waals surface area contributed by atoms with E-state index >= 15 is 0 Å². The predicted octanol–water partition coefficient (Wildman–Crippen LogP) is 3.26. The summed E-state index contributed by atoms with van der Waals surface area (Å²) in [4.78, 5) is 11.0. The van der Waals surface area contributed by atoms with Crippen LogP contribution in [-0.2, 0) is 16.1 Å². The average Bonchev–Trinajstić information content (AvgIpc) is 2.14. The number of hydrogen-bond acceptors (Lipinski definition) is 3. The summed E-state index contributed by atoms with van der Waals surface area (Å²) >= 11 is 7.09. The van der Waals surface area contributed by atoms with Crippen LogP contribution in [0.4, 0.5) is 4.39 Å². The van der Waals surface area contributed by atoms with Crippen molar-refractivity contribution in [2.45, 2.75) is 18.4 Å². The fourth-order valence-electron chi connectivity index (χ4n) is 1.08. The quantitative estimate of drug-likeness (QED) is 0.607. The maximum atomic E-state index is 13.4. The highest BCUT2D eigenvalue weighted by Crippen LogP contribution is 2.29. The third kappa shape index (κ3) is 3.39. The maximum absolute atomic E-state index is 13.4. The lowest BCUT2D eigenvalue weighted by Crippen LogP contribution is -1.99. The molecule has 0 aliphatic heterocycles. The highest BCUT2D eigenvalue weighted by atomic mass is 35.5. The summed E-state index contributed by atoms with van der Waals surface area (Å²) in [5.74, 6) is -0.794.